The summed E-state index contributed by atoms with van der Waals surface area (Å²) in [7, 11) is 9.49. The number of allylic oxidation sites excluding steroid dienone is 1. The van der Waals surface area contributed by atoms with E-state index in [9.17, 15) is 0 Å². The average Bonchev–Trinajstić information content (AvgIpc) is 2.91. The maximum atomic E-state index is 4.93. The molecule has 4 heteroatoms. The van der Waals surface area contributed by atoms with E-state index in [-0.39, 0.29) is 8.80 Å². The van der Waals surface area contributed by atoms with E-state index in [0.29, 0.717) is 11.5 Å². The molecule has 1 atom stereocenters. The molecule has 2 aromatic carbocycles. The third kappa shape index (κ3) is 4.98. The van der Waals surface area contributed by atoms with Crippen LogP contribution in [0.5, 0.6) is 0 Å². The maximum absolute atomic E-state index is 4.93. The molecule has 0 saturated heterocycles. The van der Waals surface area contributed by atoms with Crippen LogP contribution in [0.15, 0.2) is 48.0 Å². The number of rotatable bonds is 3. The van der Waals surface area contributed by atoms with Gasteiger partial charge in [-0.2, -0.15) is 0 Å². The fraction of sp³-hybridized carbons (Fsp3) is 0.333. The minimum absolute atomic E-state index is 0.381. The summed E-state index contributed by atoms with van der Waals surface area (Å²) in [5.41, 5.74) is 9.46. The van der Waals surface area contributed by atoms with Crippen molar-refractivity contribution in [1.82, 2.24) is 0 Å². The van der Waals surface area contributed by atoms with Crippen molar-refractivity contribution in [1.29, 1.82) is 0 Å². The van der Waals surface area contributed by atoms with Gasteiger partial charge in [-0.3, -0.25) is 0 Å². The molecular formula is C21H25Cl2SiZr. The molecule has 2 aromatic rings. The van der Waals surface area contributed by atoms with Crippen molar-refractivity contribution in [3.8, 4) is 11.1 Å². The van der Waals surface area contributed by atoms with E-state index in [4.69, 9.17) is 17.0 Å². The first-order chi connectivity index (χ1) is 11.9. The second kappa shape index (κ2) is 9.70. The third-order valence-corrected chi connectivity index (χ3v) is 6.62. The van der Waals surface area contributed by atoms with Crippen LogP contribution in [-0.2, 0) is 20.8 Å². The van der Waals surface area contributed by atoms with E-state index in [0.717, 1.165) is 0 Å². The molecule has 1 unspecified atom stereocenters. The topological polar surface area (TPSA) is 0 Å². The Morgan fingerprint density at radius 3 is 2.16 bits per heavy atom. The van der Waals surface area contributed by atoms with E-state index in [1.54, 1.807) is 11.1 Å². The van der Waals surface area contributed by atoms with Crippen LogP contribution in [0.2, 0.25) is 13.1 Å². The van der Waals surface area contributed by atoms with Gasteiger partial charge in [0.25, 0.3) is 0 Å². The zero-order valence-electron chi connectivity index (χ0n) is 15.5. The van der Waals surface area contributed by atoms with Gasteiger partial charge in [-0.1, -0.05) is 81.1 Å². The van der Waals surface area contributed by atoms with Crippen LogP contribution in [-0.4, -0.2) is 8.80 Å². The SMILES string of the molecule is CC1=Cc2c(-c3ccccc3)cc(C(C)C)cc2C1[Si](C)C.[Cl][Zr][Cl]. The van der Waals surface area contributed by atoms with Gasteiger partial charge in [-0.05, 0) is 46.2 Å². The third-order valence-electron chi connectivity index (χ3n) is 4.70. The van der Waals surface area contributed by atoms with Crippen LogP contribution in [0, 0.1) is 0 Å². The number of benzene rings is 2. The van der Waals surface area contributed by atoms with Crippen LogP contribution in [0.25, 0.3) is 17.2 Å². The molecule has 1 aliphatic rings. The average molecular weight is 468 g/mol. The van der Waals surface area contributed by atoms with Gasteiger partial charge in [-0.25, -0.2) is 0 Å². The molecule has 0 heterocycles. The molecule has 3 rings (SSSR count). The van der Waals surface area contributed by atoms with E-state index >= 15 is 0 Å². The summed E-state index contributed by atoms with van der Waals surface area (Å²) in [6.45, 7) is 11.8. The molecular weight excluding hydrogens is 442 g/mol. The number of halogens is 2. The molecule has 0 spiro atoms. The zero-order valence-corrected chi connectivity index (χ0v) is 20.5. The summed E-state index contributed by atoms with van der Waals surface area (Å²) in [5, 5.41) is 0. The van der Waals surface area contributed by atoms with Crippen LogP contribution < -0.4 is 0 Å². The predicted octanol–water partition coefficient (Wildman–Crippen LogP) is 7.65. The van der Waals surface area contributed by atoms with Crippen molar-refractivity contribution in [2.75, 3.05) is 0 Å². The Labute approximate surface area is 172 Å². The van der Waals surface area contributed by atoms with Gasteiger partial charge >= 0.3 is 37.9 Å². The van der Waals surface area contributed by atoms with Crippen molar-refractivity contribution in [2.45, 2.75) is 45.3 Å². The van der Waals surface area contributed by atoms with Crippen molar-refractivity contribution >= 4 is 31.9 Å². The molecule has 0 aromatic heterocycles. The van der Waals surface area contributed by atoms with Crippen molar-refractivity contribution in [2.24, 2.45) is 0 Å². The van der Waals surface area contributed by atoms with Gasteiger partial charge in [0.1, 0.15) is 0 Å². The van der Waals surface area contributed by atoms with E-state index in [1.807, 2.05) is 0 Å². The molecule has 0 bridgehead atoms. The normalized spacial score (nSPS) is 15.6. The monoisotopic (exact) mass is 465 g/mol. The molecule has 0 amide bonds. The summed E-state index contributed by atoms with van der Waals surface area (Å²) in [4.78, 5) is 0. The Kier molecular flexibility index (Phi) is 8.21. The van der Waals surface area contributed by atoms with Crippen molar-refractivity contribution < 1.29 is 20.8 Å². The quantitative estimate of drug-likeness (QED) is 0.407. The first-order valence-electron chi connectivity index (χ1n) is 8.58. The predicted molar refractivity (Wildman–Crippen MR) is 112 cm³/mol. The Morgan fingerprint density at radius 2 is 1.64 bits per heavy atom. The fourth-order valence-electron chi connectivity index (χ4n) is 3.61. The van der Waals surface area contributed by atoms with Crippen molar-refractivity contribution in [3.05, 3.63) is 64.7 Å². The van der Waals surface area contributed by atoms with Crippen LogP contribution >= 0.6 is 17.0 Å². The molecule has 131 valence electrons. The Balaban J connectivity index is 0.000000701. The van der Waals surface area contributed by atoms with Gasteiger partial charge in [-0.15, -0.1) is 0 Å². The van der Waals surface area contributed by atoms with Gasteiger partial charge in [0.15, 0.2) is 0 Å². The number of fused-ring (bicyclic) bond motifs is 1. The van der Waals surface area contributed by atoms with Gasteiger partial charge in [0.05, 0.1) is 8.80 Å². The van der Waals surface area contributed by atoms with E-state index in [2.05, 4.69) is 82.4 Å². The molecule has 0 fully saturated rings. The van der Waals surface area contributed by atoms with Crippen LogP contribution in [0.1, 0.15) is 48.9 Å². The summed E-state index contributed by atoms with van der Waals surface area (Å²) in [6.07, 6.45) is 2.43. The van der Waals surface area contributed by atoms with Gasteiger partial charge in [0, 0.05) is 0 Å². The molecule has 0 N–H and O–H groups in total. The Hall–Kier alpha value is -0.140. The van der Waals surface area contributed by atoms with E-state index in [1.165, 1.54) is 22.3 Å². The zero-order chi connectivity index (χ0) is 18.6. The van der Waals surface area contributed by atoms with Gasteiger partial charge < -0.3 is 0 Å². The first kappa shape index (κ1) is 21.2. The van der Waals surface area contributed by atoms with Crippen molar-refractivity contribution in [3.63, 3.8) is 0 Å². The Morgan fingerprint density at radius 1 is 1.04 bits per heavy atom. The summed E-state index contributed by atoms with van der Waals surface area (Å²) in [5.74, 6) is 0.568. The fourth-order valence-corrected chi connectivity index (χ4v) is 5.47. The number of hydrogen-bond acceptors (Lipinski definition) is 0. The molecule has 0 saturated carbocycles. The summed E-state index contributed by atoms with van der Waals surface area (Å²) >= 11 is -0.826. The van der Waals surface area contributed by atoms with Crippen LogP contribution in [0.4, 0.5) is 0 Å². The number of hydrogen-bond donors (Lipinski definition) is 0. The Bertz CT molecular complexity index is 739. The first-order valence-corrected chi connectivity index (χ1v) is 17.5. The minimum atomic E-state index is -0.826. The standard InChI is InChI=1S/C21H25Si.2ClH.Zr/c1-14(2)17-12-18(16-9-7-6-8-10-16)19-11-15(3)21(22(4)5)20(19)13-17;;;/h6-14,21H,1-5H3;2*1H;/q;;;+2/p-2. The van der Waals surface area contributed by atoms with Crippen LogP contribution in [0.3, 0.4) is 0 Å². The second-order valence-corrected chi connectivity index (χ2v) is 13.5. The summed E-state index contributed by atoms with van der Waals surface area (Å²) in [6, 6.07) is 15.7. The summed E-state index contributed by atoms with van der Waals surface area (Å²) < 4.78 is 0. The molecule has 25 heavy (non-hydrogen) atoms. The second-order valence-electron chi connectivity index (χ2n) is 7.06. The molecule has 1 radical (unpaired) electrons. The molecule has 0 nitrogen and oxygen atoms in total. The molecule has 1 aliphatic carbocycles. The molecule has 0 aliphatic heterocycles. The van der Waals surface area contributed by atoms with E-state index < -0.39 is 20.8 Å². The van der Waals surface area contributed by atoms with Gasteiger partial charge in [0.2, 0.25) is 0 Å².